The SMILES string of the molecule is O=C(NCCOc1cccc(Cl)c1)c1ccc(-c2ccccc2)[nH]c1=O. The number of amides is 1. The Kier molecular flexibility index (Phi) is 5.71. The highest BCUT2D eigenvalue weighted by atomic mass is 35.5. The molecule has 6 heteroatoms. The van der Waals surface area contributed by atoms with Crippen LogP contribution in [0.3, 0.4) is 0 Å². The van der Waals surface area contributed by atoms with Crippen LogP contribution in [0.15, 0.2) is 71.5 Å². The van der Waals surface area contributed by atoms with E-state index >= 15 is 0 Å². The minimum atomic E-state index is -0.444. The fourth-order valence-corrected chi connectivity index (χ4v) is 2.60. The molecule has 0 saturated carbocycles. The Hall–Kier alpha value is -3.05. The normalized spacial score (nSPS) is 10.3. The summed E-state index contributed by atoms with van der Waals surface area (Å²) in [5.74, 6) is 0.178. The van der Waals surface area contributed by atoms with Crippen molar-refractivity contribution in [3.8, 4) is 17.0 Å². The van der Waals surface area contributed by atoms with E-state index in [1.54, 1.807) is 30.3 Å². The van der Waals surface area contributed by atoms with Crippen molar-refractivity contribution in [3.05, 3.63) is 87.7 Å². The molecule has 0 aliphatic heterocycles. The summed E-state index contributed by atoms with van der Waals surface area (Å²) >= 11 is 5.87. The molecule has 3 rings (SSSR count). The van der Waals surface area contributed by atoms with Gasteiger partial charge in [-0.25, -0.2) is 0 Å². The summed E-state index contributed by atoms with van der Waals surface area (Å²) in [4.78, 5) is 27.1. The molecule has 0 aliphatic rings. The highest BCUT2D eigenvalue weighted by Gasteiger charge is 2.11. The molecule has 26 heavy (non-hydrogen) atoms. The van der Waals surface area contributed by atoms with Crippen molar-refractivity contribution in [2.75, 3.05) is 13.2 Å². The minimum absolute atomic E-state index is 0.0624. The first-order valence-corrected chi connectivity index (χ1v) is 8.46. The number of pyridine rings is 1. The quantitative estimate of drug-likeness (QED) is 0.654. The zero-order valence-electron chi connectivity index (χ0n) is 13.9. The third-order valence-corrected chi connectivity index (χ3v) is 3.93. The van der Waals surface area contributed by atoms with Crippen LogP contribution in [0.25, 0.3) is 11.3 Å². The second-order valence-corrected chi connectivity index (χ2v) is 5.98. The second kappa shape index (κ2) is 8.36. The summed E-state index contributed by atoms with van der Waals surface area (Å²) in [5, 5.41) is 3.25. The lowest BCUT2D eigenvalue weighted by Gasteiger charge is -2.08. The van der Waals surface area contributed by atoms with Crippen molar-refractivity contribution in [2.45, 2.75) is 0 Å². The van der Waals surface area contributed by atoms with E-state index in [0.29, 0.717) is 16.5 Å². The number of carbonyl (C=O) groups excluding carboxylic acids is 1. The van der Waals surface area contributed by atoms with Crippen LogP contribution in [-0.2, 0) is 0 Å². The first kappa shape index (κ1) is 17.8. The van der Waals surface area contributed by atoms with Gasteiger partial charge in [-0.15, -0.1) is 0 Å². The predicted octanol–water partition coefficient (Wildman–Crippen LogP) is 3.50. The Morgan fingerprint density at radius 3 is 2.58 bits per heavy atom. The van der Waals surface area contributed by atoms with Crippen molar-refractivity contribution in [1.82, 2.24) is 10.3 Å². The molecule has 3 aromatic rings. The zero-order chi connectivity index (χ0) is 18.4. The number of nitrogens with one attached hydrogen (secondary N) is 2. The van der Waals surface area contributed by atoms with E-state index < -0.39 is 11.5 Å². The molecule has 132 valence electrons. The van der Waals surface area contributed by atoms with Gasteiger partial charge in [0.1, 0.15) is 17.9 Å². The Morgan fingerprint density at radius 2 is 1.85 bits per heavy atom. The highest BCUT2D eigenvalue weighted by Crippen LogP contribution is 2.17. The first-order chi connectivity index (χ1) is 12.6. The molecule has 0 fully saturated rings. The number of H-pyrrole nitrogens is 1. The number of ether oxygens (including phenoxy) is 1. The molecule has 2 aromatic carbocycles. The second-order valence-electron chi connectivity index (χ2n) is 5.54. The van der Waals surface area contributed by atoms with Crippen molar-refractivity contribution >= 4 is 17.5 Å². The Labute approximate surface area is 155 Å². The summed E-state index contributed by atoms with van der Waals surface area (Å²) in [5.41, 5.74) is 1.18. The van der Waals surface area contributed by atoms with Crippen LogP contribution in [0, 0.1) is 0 Å². The third kappa shape index (κ3) is 4.52. The number of aromatic nitrogens is 1. The van der Waals surface area contributed by atoms with Gasteiger partial charge >= 0.3 is 0 Å². The van der Waals surface area contributed by atoms with E-state index in [2.05, 4.69) is 10.3 Å². The van der Waals surface area contributed by atoms with Gasteiger partial charge in [-0.3, -0.25) is 9.59 Å². The van der Waals surface area contributed by atoms with Crippen LogP contribution in [-0.4, -0.2) is 24.0 Å². The molecule has 1 amide bonds. The summed E-state index contributed by atoms with van der Waals surface area (Å²) in [6.07, 6.45) is 0. The lowest BCUT2D eigenvalue weighted by Crippen LogP contribution is -2.32. The van der Waals surface area contributed by atoms with Gasteiger partial charge < -0.3 is 15.0 Å². The summed E-state index contributed by atoms with van der Waals surface area (Å²) < 4.78 is 5.50. The van der Waals surface area contributed by atoms with E-state index in [1.165, 1.54) is 6.07 Å². The summed E-state index contributed by atoms with van der Waals surface area (Å²) in [6, 6.07) is 19.7. The van der Waals surface area contributed by atoms with Crippen molar-refractivity contribution in [1.29, 1.82) is 0 Å². The topological polar surface area (TPSA) is 71.2 Å². The molecule has 0 spiro atoms. The van der Waals surface area contributed by atoms with Crippen molar-refractivity contribution in [3.63, 3.8) is 0 Å². The van der Waals surface area contributed by atoms with Crippen LogP contribution in [0.1, 0.15) is 10.4 Å². The van der Waals surface area contributed by atoms with Gasteiger partial charge in [0.05, 0.1) is 6.54 Å². The summed E-state index contributed by atoms with van der Waals surface area (Å²) in [6.45, 7) is 0.539. The Balaban J connectivity index is 1.57. The van der Waals surface area contributed by atoms with Gasteiger partial charge in [-0.05, 0) is 35.9 Å². The van der Waals surface area contributed by atoms with E-state index in [1.807, 2.05) is 30.3 Å². The Bertz CT molecular complexity index is 955. The number of rotatable bonds is 6. The van der Waals surface area contributed by atoms with E-state index in [-0.39, 0.29) is 18.7 Å². The molecule has 2 N–H and O–H groups in total. The number of aromatic amines is 1. The monoisotopic (exact) mass is 368 g/mol. The fourth-order valence-electron chi connectivity index (χ4n) is 2.42. The summed E-state index contributed by atoms with van der Waals surface area (Å²) in [7, 11) is 0. The van der Waals surface area contributed by atoms with E-state index in [0.717, 1.165) is 5.56 Å². The van der Waals surface area contributed by atoms with Crippen molar-refractivity contribution in [2.24, 2.45) is 0 Å². The number of hydrogen-bond donors (Lipinski definition) is 2. The minimum Gasteiger partial charge on any atom is -0.492 e. The lowest BCUT2D eigenvalue weighted by atomic mass is 10.1. The van der Waals surface area contributed by atoms with Gasteiger partial charge in [-0.2, -0.15) is 0 Å². The maximum absolute atomic E-state index is 12.2. The van der Waals surface area contributed by atoms with Crippen molar-refractivity contribution < 1.29 is 9.53 Å². The van der Waals surface area contributed by atoms with Crippen LogP contribution < -0.4 is 15.6 Å². The number of carbonyl (C=O) groups is 1. The van der Waals surface area contributed by atoms with Gasteiger partial charge in [-0.1, -0.05) is 48.0 Å². The third-order valence-electron chi connectivity index (χ3n) is 3.69. The molecule has 5 nitrogen and oxygen atoms in total. The van der Waals surface area contributed by atoms with Crippen LogP contribution in [0.2, 0.25) is 5.02 Å². The number of hydrogen-bond acceptors (Lipinski definition) is 3. The molecular weight excluding hydrogens is 352 g/mol. The van der Waals surface area contributed by atoms with Crippen LogP contribution in [0.5, 0.6) is 5.75 Å². The highest BCUT2D eigenvalue weighted by molar-refractivity contribution is 6.30. The molecule has 0 aliphatic carbocycles. The molecule has 0 saturated heterocycles. The number of benzene rings is 2. The smallest absolute Gasteiger partial charge is 0.261 e. The van der Waals surface area contributed by atoms with Gasteiger partial charge in [0.2, 0.25) is 0 Å². The molecule has 1 aromatic heterocycles. The lowest BCUT2D eigenvalue weighted by molar-refractivity contribution is 0.0945. The molecule has 0 atom stereocenters. The van der Waals surface area contributed by atoms with E-state index in [9.17, 15) is 9.59 Å². The largest absolute Gasteiger partial charge is 0.492 e. The predicted molar refractivity (Wildman–Crippen MR) is 102 cm³/mol. The van der Waals surface area contributed by atoms with Crippen LogP contribution >= 0.6 is 11.6 Å². The number of halogens is 1. The molecule has 1 heterocycles. The molecular formula is C20H17ClN2O3. The molecule has 0 unspecified atom stereocenters. The van der Waals surface area contributed by atoms with Gasteiger partial charge in [0.25, 0.3) is 11.5 Å². The molecule has 0 radical (unpaired) electrons. The van der Waals surface area contributed by atoms with E-state index in [4.69, 9.17) is 16.3 Å². The standard InChI is InChI=1S/C20H17ClN2O3/c21-15-7-4-8-16(13-15)26-12-11-22-19(24)17-9-10-18(23-20(17)25)14-5-2-1-3-6-14/h1-10,13H,11-12H2,(H,22,24)(H,23,25). The first-order valence-electron chi connectivity index (χ1n) is 8.09. The maximum Gasteiger partial charge on any atom is 0.261 e. The zero-order valence-corrected chi connectivity index (χ0v) is 14.6. The van der Waals surface area contributed by atoms with Crippen LogP contribution in [0.4, 0.5) is 0 Å². The van der Waals surface area contributed by atoms with Gasteiger partial charge in [0.15, 0.2) is 0 Å². The fraction of sp³-hybridized carbons (Fsp3) is 0.100. The Morgan fingerprint density at radius 1 is 1.04 bits per heavy atom. The average Bonchev–Trinajstić information content (AvgIpc) is 2.66. The van der Waals surface area contributed by atoms with Gasteiger partial charge in [0, 0.05) is 10.7 Å². The maximum atomic E-state index is 12.2. The average molecular weight is 369 g/mol. The molecule has 0 bridgehead atoms.